The predicted molar refractivity (Wildman–Crippen MR) is 163 cm³/mol. The monoisotopic (exact) mass is 547 g/mol. The summed E-state index contributed by atoms with van der Waals surface area (Å²) in [5.74, 6) is 0.721. The van der Waals surface area contributed by atoms with Gasteiger partial charge in [0.2, 0.25) is 5.95 Å². The van der Waals surface area contributed by atoms with Crippen LogP contribution in [0.1, 0.15) is 155 Å². The molecule has 2 heterocycles. The molecule has 1 aromatic rings. The molecule has 0 radical (unpaired) electrons. The molecule has 0 aromatic carbocycles. The quantitative estimate of drug-likeness (QED) is 0.101. The molecule has 1 fully saturated rings. The molecular formula is C33H61N3O3. The maximum atomic E-state index is 10.6. The van der Waals surface area contributed by atoms with Gasteiger partial charge in [0, 0.05) is 18.9 Å². The van der Waals surface area contributed by atoms with Crippen molar-refractivity contribution in [3.63, 3.8) is 0 Å². The molecule has 1 aliphatic heterocycles. The van der Waals surface area contributed by atoms with Gasteiger partial charge in [0.05, 0.1) is 24.4 Å². The average Bonchev–Trinajstić information content (AvgIpc) is 3.46. The van der Waals surface area contributed by atoms with Crippen molar-refractivity contribution in [1.29, 1.82) is 0 Å². The number of aliphatic hydroxyl groups excluding tert-OH is 2. The van der Waals surface area contributed by atoms with Crippen LogP contribution in [0.3, 0.4) is 0 Å². The third-order valence-corrected chi connectivity index (χ3v) is 8.32. The van der Waals surface area contributed by atoms with E-state index in [4.69, 9.17) is 4.74 Å². The highest BCUT2D eigenvalue weighted by atomic mass is 16.5. The molecule has 0 aliphatic carbocycles. The van der Waals surface area contributed by atoms with Gasteiger partial charge < -0.3 is 20.3 Å². The molecule has 2 rings (SSSR count). The zero-order valence-electron chi connectivity index (χ0n) is 25.2. The lowest BCUT2D eigenvalue weighted by Crippen LogP contribution is -2.31. The summed E-state index contributed by atoms with van der Waals surface area (Å²) >= 11 is 0. The van der Waals surface area contributed by atoms with E-state index in [0.29, 0.717) is 0 Å². The summed E-state index contributed by atoms with van der Waals surface area (Å²) in [5.41, 5.74) is 0. The summed E-state index contributed by atoms with van der Waals surface area (Å²) in [6.45, 7) is 3.21. The number of aliphatic hydroxyl groups is 2. The molecule has 3 N–H and O–H groups in total. The van der Waals surface area contributed by atoms with Crippen LogP contribution >= 0.6 is 0 Å². The molecular weight excluding hydrogens is 486 g/mol. The van der Waals surface area contributed by atoms with Crippen molar-refractivity contribution in [3.8, 4) is 0 Å². The van der Waals surface area contributed by atoms with E-state index in [2.05, 4.69) is 22.2 Å². The Morgan fingerprint density at radius 3 is 1.54 bits per heavy atom. The molecule has 1 saturated heterocycles. The van der Waals surface area contributed by atoms with Gasteiger partial charge in [-0.3, -0.25) is 0 Å². The van der Waals surface area contributed by atoms with E-state index < -0.39 is 0 Å². The normalized spacial score (nSPS) is 18.8. The van der Waals surface area contributed by atoms with Gasteiger partial charge in [-0.2, -0.15) is 0 Å². The van der Waals surface area contributed by atoms with E-state index in [9.17, 15) is 10.2 Å². The molecule has 0 saturated carbocycles. The second-order valence-electron chi connectivity index (χ2n) is 11.9. The van der Waals surface area contributed by atoms with Gasteiger partial charge in [0.25, 0.3) is 0 Å². The molecule has 6 nitrogen and oxygen atoms in total. The number of nitrogens with zero attached hydrogens (tertiary/aromatic N) is 2. The number of anilines is 1. The Labute approximate surface area is 240 Å². The third kappa shape index (κ3) is 17.2. The maximum absolute atomic E-state index is 10.6. The van der Waals surface area contributed by atoms with Crippen LogP contribution in [-0.4, -0.2) is 51.1 Å². The molecule has 2 unspecified atom stereocenters. The summed E-state index contributed by atoms with van der Waals surface area (Å²) < 4.78 is 6.09. The Hall–Kier alpha value is -1.24. The van der Waals surface area contributed by atoms with E-state index in [0.717, 1.165) is 57.4 Å². The van der Waals surface area contributed by atoms with Crippen molar-refractivity contribution in [2.45, 2.75) is 179 Å². The zero-order chi connectivity index (χ0) is 27.8. The standard InChI is InChI=1S/C33H61N3O3/c1-2-3-4-5-6-7-9-12-15-18-22-29(37)31-24-25-32(39-31)30(38)23-19-16-13-10-8-11-14-17-20-26-34-33-35-27-21-28-36-33/h21,27-32,37-38H,2-20,22-26H2,1H3,(H,34,35,36)/t29-,30-,31?,32?/m1/s1. The van der Waals surface area contributed by atoms with Crippen LogP contribution in [-0.2, 0) is 4.74 Å². The Kier molecular flexibility index (Phi) is 20.4. The van der Waals surface area contributed by atoms with Crippen LogP contribution in [0.2, 0.25) is 0 Å². The zero-order valence-corrected chi connectivity index (χ0v) is 25.2. The Bertz CT molecular complexity index is 663. The summed E-state index contributed by atoms with van der Waals surface area (Å²) in [6.07, 6.45) is 30.3. The first kappa shape index (κ1) is 34.0. The van der Waals surface area contributed by atoms with Crippen molar-refractivity contribution in [2.75, 3.05) is 11.9 Å². The van der Waals surface area contributed by atoms with Crippen molar-refractivity contribution >= 4 is 5.95 Å². The lowest BCUT2D eigenvalue weighted by Gasteiger charge is -2.22. The van der Waals surface area contributed by atoms with Crippen molar-refractivity contribution in [3.05, 3.63) is 18.5 Å². The second kappa shape index (κ2) is 23.5. The minimum atomic E-state index is -0.380. The molecule has 0 bridgehead atoms. The van der Waals surface area contributed by atoms with Gasteiger partial charge in [0.15, 0.2) is 0 Å². The topological polar surface area (TPSA) is 87.5 Å². The molecule has 0 spiro atoms. The molecule has 4 atom stereocenters. The third-order valence-electron chi connectivity index (χ3n) is 8.32. The Morgan fingerprint density at radius 1 is 0.667 bits per heavy atom. The highest BCUT2D eigenvalue weighted by molar-refractivity contribution is 5.21. The highest BCUT2D eigenvalue weighted by Crippen LogP contribution is 2.28. The fraction of sp³-hybridized carbons (Fsp3) is 0.879. The molecule has 1 aromatic heterocycles. The van der Waals surface area contributed by atoms with Crippen LogP contribution in [0, 0.1) is 0 Å². The van der Waals surface area contributed by atoms with Crippen molar-refractivity contribution in [1.82, 2.24) is 9.97 Å². The lowest BCUT2D eigenvalue weighted by molar-refractivity contribution is -0.0786. The average molecular weight is 548 g/mol. The van der Waals surface area contributed by atoms with Crippen LogP contribution in [0.5, 0.6) is 0 Å². The predicted octanol–water partition coefficient (Wildman–Crippen LogP) is 8.37. The number of aromatic nitrogens is 2. The summed E-state index contributed by atoms with van der Waals surface area (Å²) in [7, 11) is 0. The van der Waals surface area contributed by atoms with Gasteiger partial charge in [-0.05, 0) is 38.2 Å². The van der Waals surface area contributed by atoms with Crippen molar-refractivity contribution in [2.24, 2.45) is 0 Å². The molecule has 6 heteroatoms. The fourth-order valence-electron chi connectivity index (χ4n) is 5.77. The van der Waals surface area contributed by atoms with E-state index in [1.54, 1.807) is 12.4 Å². The summed E-state index contributed by atoms with van der Waals surface area (Å²) in [6, 6.07) is 1.83. The van der Waals surface area contributed by atoms with E-state index in [1.807, 2.05) is 6.07 Å². The first-order valence-electron chi connectivity index (χ1n) is 16.7. The van der Waals surface area contributed by atoms with Gasteiger partial charge in [-0.1, -0.05) is 122 Å². The van der Waals surface area contributed by atoms with Crippen molar-refractivity contribution < 1.29 is 14.9 Å². The summed E-state index contributed by atoms with van der Waals surface area (Å²) in [4.78, 5) is 8.35. The number of rotatable bonds is 26. The minimum absolute atomic E-state index is 0.0781. The largest absolute Gasteiger partial charge is 0.390 e. The van der Waals surface area contributed by atoms with Gasteiger partial charge in [0.1, 0.15) is 0 Å². The first-order chi connectivity index (χ1) is 19.2. The minimum Gasteiger partial charge on any atom is -0.390 e. The van der Waals surface area contributed by atoms with Gasteiger partial charge in [-0.15, -0.1) is 0 Å². The van der Waals surface area contributed by atoms with Crippen LogP contribution < -0.4 is 5.32 Å². The van der Waals surface area contributed by atoms with E-state index >= 15 is 0 Å². The molecule has 226 valence electrons. The van der Waals surface area contributed by atoms with Gasteiger partial charge in [-0.25, -0.2) is 9.97 Å². The van der Waals surface area contributed by atoms with Gasteiger partial charge >= 0.3 is 0 Å². The smallest absolute Gasteiger partial charge is 0.222 e. The Morgan fingerprint density at radius 2 is 1.08 bits per heavy atom. The van der Waals surface area contributed by atoms with Crippen LogP contribution in [0.25, 0.3) is 0 Å². The van der Waals surface area contributed by atoms with E-state index in [-0.39, 0.29) is 24.4 Å². The Balaban J connectivity index is 1.34. The number of hydrogen-bond acceptors (Lipinski definition) is 6. The fourth-order valence-corrected chi connectivity index (χ4v) is 5.77. The number of nitrogens with one attached hydrogen (secondary N) is 1. The molecule has 39 heavy (non-hydrogen) atoms. The first-order valence-corrected chi connectivity index (χ1v) is 16.7. The molecule has 0 amide bonds. The van der Waals surface area contributed by atoms with Crippen LogP contribution in [0.4, 0.5) is 5.95 Å². The molecule has 1 aliphatic rings. The second-order valence-corrected chi connectivity index (χ2v) is 11.9. The van der Waals surface area contributed by atoms with Crippen LogP contribution in [0.15, 0.2) is 18.5 Å². The maximum Gasteiger partial charge on any atom is 0.222 e. The number of unbranched alkanes of at least 4 members (excludes halogenated alkanes) is 17. The SMILES string of the molecule is CCCCCCCCCCCC[C@@H](O)C1CCC([C@H](O)CCCCCCCCCCCNc2ncccn2)O1. The highest BCUT2D eigenvalue weighted by Gasteiger charge is 2.33. The number of ether oxygens (including phenoxy) is 1. The lowest BCUT2D eigenvalue weighted by atomic mass is 10.00. The number of hydrogen-bond donors (Lipinski definition) is 3. The van der Waals surface area contributed by atoms with E-state index in [1.165, 1.54) is 103 Å². The summed E-state index contributed by atoms with van der Waals surface area (Å²) in [5, 5.41) is 24.5.